The maximum atomic E-state index is 12.7. The van der Waals surface area contributed by atoms with Crippen molar-refractivity contribution in [3.05, 3.63) is 34.6 Å². The Kier molecular flexibility index (Phi) is 7.31. The number of pyridine rings is 1. The number of aliphatic hydroxyl groups is 1. The molecule has 0 aliphatic carbocycles. The van der Waals surface area contributed by atoms with Crippen molar-refractivity contribution in [1.82, 2.24) is 9.88 Å². The topological polar surface area (TPSA) is 89.0 Å². The number of alkyl halides is 1. The Morgan fingerprint density at radius 3 is 2.64 bits per heavy atom. The van der Waals surface area contributed by atoms with Crippen molar-refractivity contribution in [2.45, 2.75) is 38.2 Å². The third-order valence-corrected chi connectivity index (χ3v) is 5.44. The molecule has 2 unspecified atom stereocenters. The van der Waals surface area contributed by atoms with E-state index in [0.717, 1.165) is 0 Å². The molecule has 0 aromatic carbocycles. The van der Waals surface area contributed by atoms with Crippen LogP contribution < -0.4 is 4.74 Å². The predicted octanol–water partition coefficient (Wildman–Crippen LogP) is 2.87. The molecular formula is C19H24Cl2N2O5. The zero-order valence-electron chi connectivity index (χ0n) is 16.2. The molecule has 0 amide bonds. The van der Waals surface area contributed by atoms with Crippen LogP contribution >= 0.6 is 23.2 Å². The molecule has 1 aliphatic heterocycles. The van der Waals surface area contributed by atoms with Crippen molar-refractivity contribution < 1.29 is 24.2 Å². The Morgan fingerprint density at radius 2 is 2.14 bits per heavy atom. The molecule has 7 nitrogen and oxygen atoms in total. The minimum Gasteiger partial charge on any atom is -0.480 e. The first-order valence-electron chi connectivity index (χ1n) is 8.89. The highest BCUT2D eigenvalue weighted by molar-refractivity contribution is 6.32. The van der Waals surface area contributed by atoms with E-state index in [2.05, 4.69) is 4.98 Å². The molecule has 0 saturated heterocycles. The van der Waals surface area contributed by atoms with Crippen LogP contribution in [0.1, 0.15) is 32.8 Å². The van der Waals surface area contributed by atoms with Gasteiger partial charge < -0.3 is 19.5 Å². The van der Waals surface area contributed by atoms with Crippen LogP contribution in [-0.4, -0.2) is 53.1 Å². The zero-order chi connectivity index (χ0) is 21.1. The summed E-state index contributed by atoms with van der Waals surface area (Å²) in [6.07, 6.45) is 2.62. The van der Waals surface area contributed by atoms with Crippen LogP contribution in [0.4, 0.5) is 0 Å². The van der Waals surface area contributed by atoms with Crippen molar-refractivity contribution in [3.8, 4) is 5.88 Å². The van der Waals surface area contributed by atoms with E-state index in [4.69, 9.17) is 32.7 Å². The minimum atomic E-state index is -1.38. The van der Waals surface area contributed by atoms with E-state index >= 15 is 0 Å². The second kappa shape index (κ2) is 9.11. The average molecular weight is 431 g/mol. The first kappa shape index (κ1) is 22.5. The van der Waals surface area contributed by atoms with E-state index in [-0.39, 0.29) is 42.0 Å². The lowest BCUT2D eigenvalue weighted by molar-refractivity contribution is -0.141. The fourth-order valence-electron chi connectivity index (χ4n) is 3.10. The zero-order valence-corrected chi connectivity index (χ0v) is 17.8. The van der Waals surface area contributed by atoms with Crippen molar-refractivity contribution in [1.29, 1.82) is 0 Å². The summed E-state index contributed by atoms with van der Waals surface area (Å²) < 4.78 is 10.1. The minimum absolute atomic E-state index is 0.0299. The molecule has 1 aromatic heterocycles. The number of ether oxygens (including phenoxy) is 2. The molecule has 1 aliphatic rings. The number of Topliss-reactive ketones (excluding diaryl/α,β-unsaturated/α-hetero) is 1. The van der Waals surface area contributed by atoms with Gasteiger partial charge in [-0.1, -0.05) is 37.0 Å². The quantitative estimate of drug-likeness (QED) is 0.307. The van der Waals surface area contributed by atoms with Gasteiger partial charge in [-0.15, -0.1) is 0 Å². The molecule has 0 saturated carbocycles. The summed E-state index contributed by atoms with van der Waals surface area (Å²) in [4.78, 5) is 29.3. The summed E-state index contributed by atoms with van der Waals surface area (Å²) in [7, 11) is 1.44. The number of ketones is 1. The summed E-state index contributed by atoms with van der Waals surface area (Å²) in [6.45, 7) is 5.38. The number of rotatable bonds is 7. The third kappa shape index (κ3) is 4.26. The van der Waals surface area contributed by atoms with Crippen LogP contribution in [-0.2, 0) is 19.3 Å². The van der Waals surface area contributed by atoms with Crippen LogP contribution in [0.5, 0.6) is 5.88 Å². The monoisotopic (exact) mass is 430 g/mol. The Balaban J connectivity index is 2.62. The number of methoxy groups -OCH3 is 1. The molecule has 154 valence electrons. The summed E-state index contributed by atoms with van der Waals surface area (Å²) in [5.41, 5.74) is 0.344. The molecule has 0 bridgehead atoms. The first-order chi connectivity index (χ1) is 13.2. The van der Waals surface area contributed by atoms with Gasteiger partial charge in [0.1, 0.15) is 15.6 Å². The molecule has 0 spiro atoms. The Morgan fingerprint density at radius 1 is 1.46 bits per heavy atom. The Hall–Kier alpha value is -1.83. The Labute approximate surface area is 174 Å². The number of nitrogens with zero attached hydrogens (tertiary/aromatic N) is 2. The second-order valence-corrected chi connectivity index (χ2v) is 7.77. The van der Waals surface area contributed by atoms with Gasteiger partial charge in [-0.2, -0.15) is 0 Å². The van der Waals surface area contributed by atoms with Crippen LogP contribution in [0, 0.1) is 5.92 Å². The van der Waals surface area contributed by atoms with Gasteiger partial charge in [-0.25, -0.2) is 9.78 Å². The molecular weight excluding hydrogens is 407 g/mol. The van der Waals surface area contributed by atoms with Gasteiger partial charge >= 0.3 is 5.97 Å². The van der Waals surface area contributed by atoms with Crippen molar-refractivity contribution in [2.24, 2.45) is 5.92 Å². The largest absolute Gasteiger partial charge is 0.480 e. The number of aliphatic hydroxyl groups excluding tert-OH is 1. The van der Waals surface area contributed by atoms with E-state index < -0.39 is 22.8 Å². The van der Waals surface area contributed by atoms with E-state index in [1.807, 2.05) is 13.8 Å². The number of carbonyl (C=O) groups excluding carboxylic acids is 2. The molecule has 1 aromatic rings. The Bertz CT molecular complexity index is 784. The van der Waals surface area contributed by atoms with Crippen molar-refractivity contribution in [2.75, 3.05) is 20.3 Å². The number of halogens is 2. The van der Waals surface area contributed by atoms with Gasteiger partial charge in [0, 0.05) is 18.0 Å². The lowest BCUT2D eigenvalue weighted by atomic mass is 9.89. The predicted molar refractivity (Wildman–Crippen MR) is 105 cm³/mol. The summed E-state index contributed by atoms with van der Waals surface area (Å²) in [6, 6.07) is 1.11. The maximum absolute atomic E-state index is 12.7. The van der Waals surface area contributed by atoms with Gasteiger partial charge in [0.2, 0.25) is 5.88 Å². The van der Waals surface area contributed by atoms with Gasteiger partial charge in [0.15, 0.2) is 5.78 Å². The fourth-order valence-corrected chi connectivity index (χ4v) is 3.75. The van der Waals surface area contributed by atoms with E-state index in [1.54, 1.807) is 17.9 Å². The van der Waals surface area contributed by atoms with E-state index in [0.29, 0.717) is 5.56 Å². The standard InChI is InChI=1S/C19H24Cl2N2O5/c1-5-28-18(26)13-9-23(15(10-24)11(2)3)19(21,7-16(13)25)12-6-14(20)17(27-4)22-8-12/h6,8-9,11,15,24H,5,7,10H2,1-4H3. The van der Waals surface area contributed by atoms with E-state index in [1.165, 1.54) is 19.5 Å². The van der Waals surface area contributed by atoms with Gasteiger partial charge in [-0.3, -0.25) is 4.79 Å². The van der Waals surface area contributed by atoms with E-state index in [9.17, 15) is 14.7 Å². The second-order valence-electron chi connectivity index (χ2n) is 6.74. The average Bonchev–Trinajstić information content (AvgIpc) is 2.63. The number of esters is 1. The molecule has 2 atom stereocenters. The lowest BCUT2D eigenvalue weighted by Gasteiger charge is -2.46. The molecule has 2 rings (SSSR count). The smallest absolute Gasteiger partial charge is 0.343 e. The number of hydrogen-bond donors (Lipinski definition) is 1. The molecule has 1 N–H and O–H groups in total. The highest BCUT2D eigenvalue weighted by Gasteiger charge is 2.47. The van der Waals surface area contributed by atoms with Crippen molar-refractivity contribution in [3.63, 3.8) is 0 Å². The molecule has 9 heteroatoms. The summed E-state index contributed by atoms with van der Waals surface area (Å²) >= 11 is 13.2. The van der Waals surface area contributed by atoms with Crippen LogP contribution in [0.15, 0.2) is 24.0 Å². The van der Waals surface area contributed by atoms with Crippen LogP contribution in [0.25, 0.3) is 0 Å². The number of aromatic nitrogens is 1. The molecule has 0 fully saturated rings. The summed E-state index contributed by atoms with van der Waals surface area (Å²) in [5.74, 6) is -0.984. The normalized spacial score (nSPS) is 20.8. The van der Waals surface area contributed by atoms with Crippen LogP contribution in [0.2, 0.25) is 5.02 Å². The number of hydrogen-bond acceptors (Lipinski definition) is 7. The highest BCUT2D eigenvalue weighted by Crippen LogP contribution is 2.44. The molecule has 28 heavy (non-hydrogen) atoms. The van der Waals surface area contributed by atoms with Gasteiger partial charge in [0.25, 0.3) is 0 Å². The highest BCUT2D eigenvalue weighted by atomic mass is 35.5. The molecule has 0 radical (unpaired) electrons. The van der Waals surface area contributed by atoms with Gasteiger partial charge in [-0.05, 0) is 18.9 Å². The lowest BCUT2D eigenvalue weighted by Crippen LogP contribution is -2.53. The van der Waals surface area contributed by atoms with Gasteiger partial charge in [0.05, 0.1) is 32.8 Å². The molecule has 2 heterocycles. The maximum Gasteiger partial charge on any atom is 0.343 e. The van der Waals surface area contributed by atoms with Crippen LogP contribution in [0.3, 0.4) is 0 Å². The van der Waals surface area contributed by atoms with Crippen molar-refractivity contribution >= 4 is 35.0 Å². The summed E-state index contributed by atoms with van der Waals surface area (Å²) in [5, 5.41) is 10.2. The third-order valence-electron chi connectivity index (χ3n) is 4.63. The SMILES string of the molecule is CCOC(=O)C1=CN(C(CO)C(C)C)C(Cl)(c2cnc(OC)c(Cl)c2)CC1=O. The fraction of sp³-hybridized carbons (Fsp3) is 0.526. The first-order valence-corrected chi connectivity index (χ1v) is 9.65. The number of carbonyl (C=O) groups is 2.